The highest BCUT2D eigenvalue weighted by molar-refractivity contribution is 6.30. The minimum atomic E-state index is 0.282. The summed E-state index contributed by atoms with van der Waals surface area (Å²) in [4.78, 5) is 2.38. The van der Waals surface area contributed by atoms with Crippen LogP contribution in [0.2, 0.25) is 5.02 Å². The lowest BCUT2D eigenvalue weighted by Gasteiger charge is -2.43. The standard InChI is InChI=1S/C17H27ClN2/c1-17(2)10-4-5-14(16(17)19)12-20(3)11-13-6-8-15(18)9-7-13/h6-9,14,16H,4-5,10-12,19H2,1-3H3. The molecular weight excluding hydrogens is 268 g/mol. The zero-order valence-corrected chi connectivity index (χ0v) is 13.7. The Bertz CT molecular complexity index is 427. The molecule has 1 aromatic carbocycles. The molecule has 1 aromatic rings. The summed E-state index contributed by atoms with van der Waals surface area (Å²) < 4.78 is 0. The van der Waals surface area contributed by atoms with Gasteiger partial charge in [0.2, 0.25) is 0 Å². The number of halogens is 1. The fourth-order valence-electron chi connectivity index (χ4n) is 3.38. The molecule has 0 heterocycles. The smallest absolute Gasteiger partial charge is 0.0406 e. The van der Waals surface area contributed by atoms with Crippen molar-refractivity contribution in [2.45, 2.75) is 45.7 Å². The van der Waals surface area contributed by atoms with Gasteiger partial charge in [-0.05, 0) is 48.9 Å². The summed E-state index contributed by atoms with van der Waals surface area (Å²) in [6.45, 7) is 6.65. The molecule has 1 saturated carbocycles. The van der Waals surface area contributed by atoms with E-state index in [1.54, 1.807) is 0 Å². The maximum Gasteiger partial charge on any atom is 0.0406 e. The predicted octanol–water partition coefficient (Wildman–Crippen LogP) is 3.93. The highest BCUT2D eigenvalue weighted by Gasteiger charge is 2.36. The van der Waals surface area contributed by atoms with E-state index in [0.29, 0.717) is 12.0 Å². The van der Waals surface area contributed by atoms with Crippen molar-refractivity contribution in [3.05, 3.63) is 34.9 Å². The van der Waals surface area contributed by atoms with Gasteiger partial charge < -0.3 is 10.6 Å². The van der Waals surface area contributed by atoms with Crippen LogP contribution in [0.3, 0.4) is 0 Å². The van der Waals surface area contributed by atoms with Crippen molar-refractivity contribution < 1.29 is 0 Å². The van der Waals surface area contributed by atoms with Crippen molar-refractivity contribution in [3.63, 3.8) is 0 Å². The molecular formula is C17H27ClN2. The lowest BCUT2D eigenvalue weighted by Crippen LogP contribution is -2.49. The summed E-state index contributed by atoms with van der Waals surface area (Å²) in [7, 11) is 2.18. The third kappa shape index (κ3) is 3.97. The molecule has 0 saturated heterocycles. The molecule has 2 N–H and O–H groups in total. The third-order valence-electron chi connectivity index (χ3n) is 4.72. The number of nitrogens with zero attached hydrogens (tertiary/aromatic N) is 1. The van der Waals surface area contributed by atoms with E-state index < -0.39 is 0 Å². The molecule has 0 bridgehead atoms. The predicted molar refractivity (Wildman–Crippen MR) is 86.9 cm³/mol. The highest BCUT2D eigenvalue weighted by atomic mass is 35.5. The lowest BCUT2D eigenvalue weighted by atomic mass is 9.68. The Kier molecular flexibility index (Phi) is 5.11. The second-order valence-corrected chi connectivity index (χ2v) is 7.43. The number of nitrogens with two attached hydrogens (primary N) is 1. The van der Waals surface area contributed by atoms with E-state index in [-0.39, 0.29) is 5.41 Å². The number of benzene rings is 1. The molecule has 0 amide bonds. The van der Waals surface area contributed by atoms with E-state index in [1.165, 1.54) is 24.8 Å². The molecule has 2 rings (SSSR count). The van der Waals surface area contributed by atoms with Gasteiger partial charge in [-0.3, -0.25) is 0 Å². The molecule has 0 spiro atoms. The highest BCUT2D eigenvalue weighted by Crippen LogP contribution is 2.38. The number of rotatable bonds is 4. The third-order valence-corrected chi connectivity index (χ3v) is 4.97. The SMILES string of the molecule is CN(Cc1ccc(Cl)cc1)CC1CCCC(C)(C)C1N. The van der Waals surface area contributed by atoms with E-state index in [0.717, 1.165) is 18.1 Å². The van der Waals surface area contributed by atoms with Gasteiger partial charge in [0.15, 0.2) is 0 Å². The summed E-state index contributed by atoms with van der Waals surface area (Å²) in [5, 5.41) is 0.799. The summed E-state index contributed by atoms with van der Waals surface area (Å²) in [5.41, 5.74) is 8.06. The van der Waals surface area contributed by atoms with Gasteiger partial charge in [0.05, 0.1) is 0 Å². The molecule has 112 valence electrons. The first-order chi connectivity index (χ1) is 9.38. The number of hydrogen-bond acceptors (Lipinski definition) is 2. The van der Waals surface area contributed by atoms with Crippen molar-refractivity contribution in [1.82, 2.24) is 4.90 Å². The molecule has 1 fully saturated rings. The van der Waals surface area contributed by atoms with E-state index >= 15 is 0 Å². The molecule has 3 heteroatoms. The van der Waals surface area contributed by atoms with Crippen LogP contribution in [0, 0.1) is 11.3 Å². The summed E-state index contributed by atoms with van der Waals surface area (Å²) >= 11 is 5.92. The molecule has 20 heavy (non-hydrogen) atoms. The normalized spacial score (nSPS) is 25.9. The first kappa shape index (κ1) is 15.8. The maximum atomic E-state index is 6.47. The monoisotopic (exact) mass is 294 g/mol. The van der Waals surface area contributed by atoms with Crippen LogP contribution in [0.5, 0.6) is 0 Å². The molecule has 1 aliphatic carbocycles. The first-order valence-electron chi connectivity index (χ1n) is 7.57. The zero-order chi connectivity index (χ0) is 14.8. The van der Waals surface area contributed by atoms with E-state index in [2.05, 4.69) is 37.9 Å². The van der Waals surface area contributed by atoms with Crippen LogP contribution in [0.15, 0.2) is 24.3 Å². The zero-order valence-electron chi connectivity index (χ0n) is 12.9. The summed E-state index contributed by atoms with van der Waals surface area (Å²) in [6, 6.07) is 8.43. The number of hydrogen-bond donors (Lipinski definition) is 1. The van der Waals surface area contributed by atoms with Gasteiger partial charge in [-0.15, -0.1) is 0 Å². The fraction of sp³-hybridized carbons (Fsp3) is 0.647. The molecule has 0 radical (unpaired) electrons. The minimum absolute atomic E-state index is 0.282. The Morgan fingerprint density at radius 2 is 1.95 bits per heavy atom. The van der Waals surface area contributed by atoms with Crippen LogP contribution in [0.1, 0.15) is 38.7 Å². The molecule has 2 unspecified atom stereocenters. The Morgan fingerprint density at radius 3 is 2.60 bits per heavy atom. The van der Waals surface area contributed by atoms with E-state index in [1.807, 2.05) is 12.1 Å². The maximum absolute atomic E-state index is 6.47. The Balaban J connectivity index is 1.90. The van der Waals surface area contributed by atoms with Gasteiger partial charge >= 0.3 is 0 Å². The molecule has 0 aromatic heterocycles. The van der Waals surface area contributed by atoms with Gasteiger partial charge in [0, 0.05) is 24.2 Å². The largest absolute Gasteiger partial charge is 0.327 e. The van der Waals surface area contributed by atoms with E-state index in [4.69, 9.17) is 17.3 Å². The van der Waals surface area contributed by atoms with Gasteiger partial charge in [-0.25, -0.2) is 0 Å². The first-order valence-corrected chi connectivity index (χ1v) is 7.95. The van der Waals surface area contributed by atoms with Crippen LogP contribution in [-0.4, -0.2) is 24.5 Å². The van der Waals surface area contributed by atoms with Gasteiger partial charge in [0.1, 0.15) is 0 Å². The van der Waals surface area contributed by atoms with Gasteiger partial charge in [-0.2, -0.15) is 0 Å². The topological polar surface area (TPSA) is 29.3 Å². The minimum Gasteiger partial charge on any atom is -0.327 e. The van der Waals surface area contributed by atoms with E-state index in [9.17, 15) is 0 Å². The van der Waals surface area contributed by atoms with Gasteiger partial charge in [0.25, 0.3) is 0 Å². The van der Waals surface area contributed by atoms with Crippen molar-refractivity contribution in [3.8, 4) is 0 Å². The summed E-state index contributed by atoms with van der Waals surface area (Å²) in [6.07, 6.45) is 3.82. The van der Waals surface area contributed by atoms with Crippen LogP contribution >= 0.6 is 11.6 Å². The second-order valence-electron chi connectivity index (χ2n) is 6.99. The van der Waals surface area contributed by atoms with Crippen LogP contribution < -0.4 is 5.73 Å². The van der Waals surface area contributed by atoms with Crippen LogP contribution in [0.25, 0.3) is 0 Å². The second kappa shape index (κ2) is 6.46. The van der Waals surface area contributed by atoms with Crippen LogP contribution in [-0.2, 0) is 6.54 Å². The Labute approximate surface area is 128 Å². The molecule has 1 aliphatic rings. The average molecular weight is 295 g/mol. The lowest BCUT2D eigenvalue weighted by molar-refractivity contribution is 0.109. The summed E-state index contributed by atoms with van der Waals surface area (Å²) in [5.74, 6) is 0.607. The van der Waals surface area contributed by atoms with Crippen LogP contribution in [0.4, 0.5) is 0 Å². The average Bonchev–Trinajstić information content (AvgIpc) is 2.38. The quantitative estimate of drug-likeness (QED) is 0.912. The van der Waals surface area contributed by atoms with Crippen molar-refractivity contribution in [1.29, 1.82) is 0 Å². The Hall–Kier alpha value is -0.570. The molecule has 0 aliphatic heterocycles. The fourth-order valence-corrected chi connectivity index (χ4v) is 3.50. The van der Waals surface area contributed by atoms with Crippen molar-refractivity contribution >= 4 is 11.6 Å². The van der Waals surface area contributed by atoms with Crippen molar-refractivity contribution in [2.24, 2.45) is 17.1 Å². The van der Waals surface area contributed by atoms with Crippen molar-refractivity contribution in [2.75, 3.05) is 13.6 Å². The molecule has 2 nitrogen and oxygen atoms in total. The van der Waals surface area contributed by atoms with Gasteiger partial charge in [-0.1, -0.05) is 44.0 Å². The molecule has 2 atom stereocenters. The Morgan fingerprint density at radius 1 is 1.30 bits per heavy atom.